The predicted molar refractivity (Wildman–Crippen MR) is 103 cm³/mol. The molecule has 8 heteroatoms. The number of nitrogens with zero attached hydrogens (tertiary/aromatic N) is 4. The molecule has 3 rings (SSSR count). The fraction of sp³-hybridized carbons (Fsp3) is 0.737. The standard InChI is InChI=1S/C19H31N5O3/c1-13-16(14(2)27-22-13)7-6-8-20-17-21-11-15-12-23(9-10-24(15)17)18(25)26-19(3,4)5/h15H,6-12H2,1-5H3,(H,20,21). The summed E-state index contributed by atoms with van der Waals surface area (Å²) >= 11 is 0. The van der Waals surface area contributed by atoms with Crippen molar-refractivity contribution in [1.82, 2.24) is 20.3 Å². The van der Waals surface area contributed by atoms with Crippen molar-refractivity contribution in [2.24, 2.45) is 4.99 Å². The minimum absolute atomic E-state index is 0.233. The van der Waals surface area contributed by atoms with Crippen molar-refractivity contribution in [3.8, 4) is 0 Å². The molecule has 27 heavy (non-hydrogen) atoms. The molecule has 1 amide bonds. The second-order valence-corrected chi connectivity index (χ2v) is 8.27. The van der Waals surface area contributed by atoms with Gasteiger partial charge in [0.05, 0.1) is 18.3 Å². The number of fused-ring (bicyclic) bond motifs is 1. The van der Waals surface area contributed by atoms with Crippen LogP contribution in [0.25, 0.3) is 0 Å². The van der Waals surface area contributed by atoms with Crippen LogP contribution in [-0.2, 0) is 11.2 Å². The van der Waals surface area contributed by atoms with E-state index >= 15 is 0 Å². The number of aromatic nitrogens is 1. The van der Waals surface area contributed by atoms with E-state index in [0.29, 0.717) is 19.6 Å². The number of carbonyl (C=O) groups is 1. The molecule has 1 fully saturated rings. The molecule has 0 aliphatic carbocycles. The summed E-state index contributed by atoms with van der Waals surface area (Å²) in [6.07, 6.45) is 1.70. The molecule has 1 atom stereocenters. The number of hydrogen-bond donors (Lipinski definition) is 1. The van der Waals surface area contributed by atoms with Crippen molar-refractivity contribution in [1.29, 1.82) is 0 Å². The molecule has 0 aromatic carbocycles. The SMILES string of the molecule is Cc1noc(C)c1CCCNC1=NCC2CN(C(=O)OC(C)(C)C)CCN12. The van der Waals surface area contributed by atoms with Crippen molar-refractivity contribution in [3.63, 3.8) is 0 Å². The van der Waals surface area contributed by atoms with E-state index in [1.165, 1.54) is 5.56 Å². The lowest BCUT2D eigenvalue weighted by atomic mass is 10.1. The average Bonchev–Trinajstić information content (AvgIpc) is 3.14. The molecule has 0 bridgehead atoms. The first-order valence-electron chi connectivity index (χ1n) is 9.69. The van der Waals surface area contributed by atoms with Crippen LogP contribution in [0.3, 0.4) is 0 Å². The number of aliphatic imine (C=N–C) groups is 1. The van der Waals surface area contributed by atoms with E-state index < -0.39 is 5.60 Å². The zero-order valence-corrected chi connectivity index (χ0v) is 17.0. The Morgan fingerprint density at radius 2 is 2.11 bits per heavy atom. The second-order valence-electron chi connectivity index (χ2n) is 8.27. The molecule has 150 valence electrons. The third kappa shape index (κ3) is 4.73. The third-order valence-electron chi connectivity index (χ3n) is 4.93. The molecule has 1 N–H and O–H groups in total. The lowest BCUT2D eigenvalue weighted by molar-refractivity contribution is 0.0137. The van der Waals surface area contributed by atoms with Crippen molar-refractivity contribution in [2.45, 2.75) is 59.1 Å². The minimum Gasteiger partial charge on any atom is -0.444 e. The summed E-state index contributed by atoms with van der Waals surface area (Å²) in [5.41, 5.74) is 1.71. The van der Waals surface area contributed by atoms with Gasteiger partial charge in [0, 0.05) is 31.7 Å². The van der Waals surface area contributed by atoms with Crippen LogP contribution in [0.2, 0.25) is 0 Å². The number of carbonyl (C=O) groups excluding carboxylic acids is 1. The molecule has 0 spiro atoms. The van der Waals surface area contributed by atoms with Gasteiger partial charge in [-0.2, -0.15) is 0 Å². The first-order chi connectivity index (χ1) is 12.7. The molecule has 1 unspecified atom stereocenters. The van der Waals surface area contributed by atoms with Gasteiger partial charge in [0.1, 0.15) is 11.4 Å². The number of aryl methyl sites for hydroxylation is 2. The quantitative estimate of drug-likeness (QED) is 0.809. The lowest BCUT2D eigenvalue weighted by Gasteiger charge is -2.39. The normalized spacial score (nSPS) is 19.7. The van der Waals surface area contributed by atoms with Crippen LogP contribution < -0.4 is 5.32 Å². The monoisotopic (exact) mass is 377 g/mol. The van der Waals surface area contributed by atoms with Gasteiger partial charge >= 0.3 is 6.09 Å². The van der Waals surface area contributed by atoms with E-state index in [4.69, 9.17) is 9.26 Å². The summed E-state index contributed by atoms with van der Waals surface area (Å²) in [6, 6.07) is 0.233. The van der Waals surface area contributed by atoms with Gasteiger partial charge in [-0.3, -0.25) is 4.99 Å². The molecule has 2 aliphatic heterocycles. The van der Waals surface area contributed by atoms with E-state index in [9.17, 15) is 4.79 Å². The van der Waals surface area contributed by atoms with Crippen LogP contribution in [0, 0.1) is 13.8 Å². The Balaban J connectivity index is 1.43. The number of guanidine groups is 1. The van der Waals surface area contributed by atoms with Crippen molar-refractivity contribution < 1.29 is 14.1 Å². The van der Waals surface area contributed by atoms with Gasteiger partial charge in [0.15, 0.2) is 5.96 Å². The number of rotatable bonds is 4. The van der Waals surface area contributed by atoms with Gasteiger partial charge in [-0.1, -0.05) is 5.16 Å². The molecule has 8 nitrogen and oxygen atoms in total. The van der Waals surface area contributed by atoms with Gasteiger partial charge in [0.25, 0.3) is 0 Å². The molecular formula is C19H31N5O3. The highest BCUT2D eigenvalue weighted by molar-refractivity contribution is 5.82. The van der Waals surface area contributed by atoms with Crippen LogP contribution in [-0.4, -0.2) is 71.4 Å². The van der Waals surface area contributed by atoms with E-state index in [-0.39, 0.29) is 12.1 Å². The maximum absolute atomic E-state index is 12.3. The highest BCUT2D eigenvalue weighted by atomic mass is 16.6. The molecule has 0 radical (unpaired) electrons. The maximum atomic E-state index is 12.3. The highest BCUT2D eigenvalue weighted by Gasteiger charge is 2.36. The first kappa shape index (κ1) is 19.5. The number of nitrogens with one attached hydrogen (secondary N) is 1. The van der Waals surface area contributed by atoms with E-state index in [0.717, 1.165) is 43.3 Å². The van der Waals surface area contributed by atoms with Gasteiger partial charge in [-0.15, -0.1) is 0 Å². The summed E-state index contributed by atoms with van der Waals surface area (Å²) in [5, 5.41) is 7.45. The van der Waals surface area contributed by atoms with E-state index in [2.05, 4.69) is 20.4 Å². The first-order valence-corrected chi connectivity index (χ1v) is 9.69. The van der Waals surface area contributed by atoms with Crippen LogP contribution >= 0.6 is 0 Å². The minimum atomic E-state index is -0.464. The Hall–Kier alpha value is -2.25. The molecule has 1 aromatic heterocycles. The summed E-state index contributed by atoms with van der Waals surface area (Å²) in [4.78, 5) is 21.0. The van der Waals surface area contributed by atoms with Crippen LogP contribution in [0.5, 0.6) is 0 Å². The molecule has 3 heterocycles. The van der Waals surface area contributed by atoms with Crippen molar-refractivity contribution in [2.75, 3.05) is 32.7 Å². The number of hydrogen-bond acceptors (Lipinski definition) is 7. The molecule has 1 aromatic rings. The van der Waals surface area contributed by atoms with Crippen molar-refractivity contribution >= 4 is 12.1 Å². The summed E-state index contributed by atoms with van der Waals surface area (Å²) in [5.74, 6) is 1.85. The van der Waals surface area contributed by atoms with Crippen molar-refractivity contribution in [3.05, 3.63) is 17.0 Å². The largest absolute Gasteiger partial charge is 0.444 e. The average molecular weight is 377 g/mol. The Labute approximate surface area is 160 Å². The van der Waals surface area contributed by atoms with Gasteiger partial charge < -0.3 is 24.4 Å². The zero-order chi connectivity index (χ0) is 19.6. The fourth-order valence-corrected chi connectivity index (χ4v) is 3.55. The number of piperazine rings is 1. The molecule has 0 saturated carbocycles. The summed E-state index contributed by atoms with van der Waals surface area (Å²) < 4.78 is 10.7. The number of ether oxygens (including phenoxy) is 1. The Kier molecular flexibility index (Phi) is 5.62. The van der Waals surface area contributed by atoms with Crippen LogP contribution in [0.1, 0.15) is 44.2 Å². The van der Waals surface area contributed by atoms with Gasteiger partial charge in [-0.25, -0.2) is 4.79 Å². The number of amides is 1. The molecule has 2 aliphatic rings. The van der Waals surface area contributed by atoms with Crippen LogP contribution in [0.15, 0.2) is 9.52 Å². The van der Waals surface area contributed by atoms with Gasteiger partial charge in [-0.05, 0) is 47.5 Å². The second kappa shape index (κ2) is 7.78. The Bertz CT molecular complexity index is 687. The topological polar surface area (TPSA) is 83.2 Å². The molecular weight excluding hydrogens is 346 g/mol. The third-order valence-corrected chi connectivity index (χ3v) is 4.93. The predicted octanol–water partition coefficient (Wildman–Crippen LogP) is 2.10. The fourth-order valence-electron chi connectivity index (χ4n) is 3.55. The van der Waals surface area contributed by atoms with Crippen LogP contribution in [0.4, 0.5) is 4.79 Å². The zero-order valence-electron chi connectivity index (χ0n) is 17.0. The van der Waals surface area contributed by atoms with E-state index in [1.807, 2.05) is 34.6 Å². The smallest absolute Gasteiger partial charge is 0.410 e. The van der Waals surface area contributed by atoms with E-state index in [1.54, 1.807) is 4.90 Å². The van der Waals surface area contributed by atoms with Gasteiger partial charge in [0.2, 0.25) is 0 Å². The summed E-state index contributed by atoms with van der Waals surface area (Å²) in [6.45, 7) is 13.3. The summed E-state index contributed by atoms with van der Waals surface area (Å²) in [7, 11) is 0. The highest BCUT2D eigenvalue weighted by Crippen LogP contribution is 2.19. The Morgan fingerprint density at radius 1 is 1.33 bits per heavy atom. The molecule has 1 saturated heterocycles. The lowest BCUT2D eigenvalue weighted by Crippen LogP contribution is -2.57. The maximum Gasteiger partial charge on any atom is 0.410 e. The Morgan fingerprint density at radius 3 is 2.78 bits per heavy atom.